The first-order chi connectivity index (χ1) is 31.9. The van der Waals surface area contributed by atoms with Crippen LogP contribution in [0.1, 0.15) is 78.6 Å². The number of hydrogen-bond donors (Lipinski definition) is 5. The fraction of sp³-hybridized carbons (Fsp3) is 0.488. The molecule has 0 saturated carbocycles. The van der Waals surface area contributed by atoms with Gasteiger partial charge in [0.15, 0.2) is 0 Å². The molecule has 0 saturated heterocycles. The number of hydrazine groups is 1. The zero-order valence-electron chi connectivity index (χ0n) is 37.6. The molecular formula is C43H49F12N9O5. The summed E-state index contributed by atoms with van der Waals surface area (Å²) in [6.45, 7) is -3.44. The van der Waals surface area contributed by atoms with Crippen molar-refractivity contribution in [1.29, 1.82) is 0 Å². The molecular weight excluding hydrogens is 951 g/mol. The van der Waals surface area contributed by atoms with Crippen molar-refractivity contribution in [2.45, 2.75) is 117 Å². The molecule has 14 nitrogen and oxygen atoms in total. The molecule has 2 aromatic carbocycles. The van der Waals surface area contributed by atoms with E-state index in [0.29, 0.717) is 55.1 Å². The molecule has 4 rings (SSSR count). The third-order valence-corrected chi connectivity index (χ3v) is 11.3. The van der Waals surface area contributed by atoms with Crippen molar-refractivity contribution in [1.82, 2.24) is 45.9 Å². The summed E-state index contributed by atoms with van der Waals surface area (Å²) in [5.74, 6) is -8.00. The van der Waals surface area contributed by atoms with Crippen molar-refractivity contribution in [2.24, 2.45) is 10.8 Å². The van der Waals surface area contributed by atoms with E-state index in [4.69, 9.17) is 0 Å². The molecule has 4 amide bonds. The summed E-state index contributed by atoms with van der Waals surface area (Å²) >= 11 is 0. The zero-order valence-corrected chi connectivity index (χ0v) is 37.6. The molecule has 0 aliphatic carbocycles. The maximum Gasteiger partial charge on any atom is 0.396 e. The minimum atomic E-state index is -5.19. The maximum atomic E-state index is 15.9. The SMILES string of the molecule is CCC(=O)NC(C(=O)N[C@@H](Cc1ccc(-c2cnn(C(F)F)c2)cc1)[C@@H](O)CN(Cc1c(F)cc(-c2cnn(C(F)F)c2)cc1F)NC(=O)[C@@H](NC(=O)CC)C(C)(C)C(F)(F)F)C(C)(C)C(F)(F)F. The zero-order chi connectivity index (χ0) is 52.0. The summed E-state index contributed by atoms with van der Waals surface area (Å²) in [4.78, 5) is 52.8. The molecule has 0 radical (unpaired) electrons. The van der Waals surface area contributed by atoms with Crippen molar-refractivity contribution >= 4 is 23.6 Å². The number of nitrogens with one attached hydrogen (secondary N) is 4. The van der Waals surface area contributed by atoms with E-state index in [1.54, 1.807) is 0 Å². The monoisotopic (exact) mass is 999 g/mol. The van der Waals surface area contributed by atoms with Crippen LogP contribution in [0.25, 0.3) is 22.3 Å². The fourth-order valence-electron chi connectivity index (χ4n) is 6.66. The van der Waals surface area contributed by atoms with E-state index in [1.165, 1.54) is 38.1 Å². The highest BCUT2D eigenvalue weighted by Gasteiger charge is 2.57. The van der Waals surface area contributed by atoms with Gasteiger partial charge in [0.25, 0.3) is 5.91 Å². The van der Waals surface area contributed by atoms with Gasteiger partial charge in [-0.05, 0) is 62.9 Å². The lowest BCUT2D eigenvalue weighted by molar-refractivity contribution is -0.222. The number of hydrogen-bond acceptors (Lipinski definition) is 8. The summed E-state index contributed by atoms with van der Waals surface area (Å²) < 4.78 is 172. The number of nitrogens with zero attached hydrogens (tertiary/aromatic N) is 5. The number of amides is 4. The molecule has 2 aromatic heterocycles. The smallest absolute Gasteiger partial charge is 0.390 e. The van der Waals surface area contributed by atoms with Gasteiger partial charge in [-0.3, -0.25) is 24.6 Å². The number of alkyl halides is 10. The van der Waals surface area contributed by atoms with E-state index >= 15 is 8.78 Å². The van der Waals surface area contributed by atoms with Crippen LogP contribution >= 0.6 is 0 Å². The number of rotatable bonds is 21. The minimum Gasteiger partial charge on any atom is -0.390 e. The van der Waals surface area contributed by atoms with E-state index in [9.17, 15) is 68.2 Å². The number of aliphatic hydroxyl groups is 1. The van der Waals surface area contributed by atoms with Crippen LogP contribution in [0.15, 0.2) is 61.2 Å². The topological polar surface area (TPSA) is 176 Å². The lowest BCUT2D eigenvalue weighted by Gasteiger charge is -2.38. The number of carbonyl (C=O) groups is 4. The Morgan fingerprint density at radius 3 is 1.51 bits per heavy atom. The predicted octanol–water partition coefficient (Wildman–Crippen LogP) is 7.37. The van der Waals surface area contributed by atoms with Crippen LogP contribution in [0.4, 0.5) is 52.7 Å². The third-order valence-electron chi connectivity index (χ3n) is 11.3. The van der Waals surface area contributed by atoms with Crippen molar-refractivity contribution in [2.75, 3.05) is 6.54 Å². The van der Waals surface area contributed by atoms with Crippen LogP contribution in [-0.2, 0) is 32.1 Å². The Balaban J connectivity index is 1.83. The van der Waals surface area contributed by atoms with Gasteiger partial charge in [0, 0.05) is 55.0 Å². The molecule has 0 aliphatic rings. The van der Waals surface area contributed by atoms with Gasteiger partial charge in [-0.1, -0.05) is 38.1 Å². The van der Waals surface area contributed by atoms with E-state index in [-0.39, 0.29) is 33.4 Å². The molecule has 69 heavy (non-hydrogen) atoms. The summed E-state index contributed by atoms with van der Waals surface area (Å²) in [5, 5.41) is 25.6. The van der Waals surface area contributed by atoms with Crippen LogP contribution in [0, 0.1) is 22.5 Å². The Hall–Kier alpha value is -6.18. The van der Waals surface area contributed by atoms with Crippen molar-refractivity contribution in [3.8, 4) is 22.3 Å². The fourth-order valence-corrected chi connectivity index (χ4v) is 6.66. The lowest BCUT2D eigenvalue weighted by Crippen LogP contribution is -2.63. The number of benzene rings is 2. The summed E-state index contributed by atoms with van der Waals surface area (Å²) in [6.07, 6.45) is -10.0. The average Bonchev–Trinajstić information content (AvgIpc) is 3.97. The summed E-state index contributed by atoms with van der Waals surface area (Å²) in [7, 11) is 0. The van der Waals surface area contributed by atoms with Gasteiger partial charge in [0.05, 0.1) is 35.4 Å². The number of aromatic nitrogens is 4. The van der Waals surface area contributed by atoms with Crippen LogP contribution in [0.2, 0.25) is 0 Å². The van der Waals surface area contributed by atoms with E-state index in [0.717, 1.165) is 24.8 Å². The van der Waals surface area contributed by atoms with Crippen molar-refractivity contribution in [3.63, 3.8) is 0 Å². The third kappa shape index (κ3) is 13.5. The Morgan fingerprint density at radius 2 is 1.10 bits per heavy atom. The molecule has 4 atom stereocenters. The molecule has 0 spiro atoms. The van der Waals surface area contributed by atoms with Crippen LogP contribution in [0.5, 0.6) is 0 Å². The number of carbonyl (C=O) groups excluding carboxylic acids is 4. The van der Waals surface area contributed by atoms with Crippen molar-refractivity contribution < 1.29 is 77.0 Å². The second kappa shape index (κ2) is 22.1. The normalized spacial score (nSPS) is 14.4. The quantitative estimate of drug-likeness (QED) is 0.0425. The lowest BCUT2D eigenvalue weighted by atomic mass is 9.82. The Bertz CT molecular complexity index is 2400. The second-order valence-electron chi connectivity index (χ2n) is 17.0. The van der Waals surface area contributed by atoms with Crippen LogP contribution in [-0.4, -0.2) is 96.4 Å². The molecule has 2 heterocycles. The minimum absolute atomic E-state index is 0.180. The summed E-state index contributed by atoms with van der Waals surface area (Å²) in [5.41, 5.74) is -4.66. The van der Waals surface area contributed by atoms with Crippen LogP contribution in [0.3, 0.4) is 0 Å². The van der Waals surface area contributed by atoms with Gasteiger partial charge < -0.3 is 21.1 Å². The van der Waals surface area contributed by atoms with Gasteiger partial charge in [-0.2, -0.15) is 54.1 Å². The van der Waals surface area contributed by atoms with Crippen LogP contribution < -0.4 is 21.4 Å². The molecule has 380 valence electrons. The van der Waals surface area contributed by atoms with Gasteiger partial charge in [-0.15, -0.1) is 0 Å². The molecule has 4 aromatic rings. The first-order valence-corrected chi connectivity index (χ1v) is 20.9. The standard InChI is InChI=1S/C43H49F12N9O5/c1-7-32(66)59-34(40(3,4)42(50,51)52)36(68)58-30(13-22-9-11-23(12-10-22)25-16-56-63(18-25)38(46)47)31(65)21-62(61-37(69)35(60-33(67)8-2)41(5,6)43(53,54)55)20-27-28(44)14-24(15-29(27)45)26-17-57-64(19-26)39(48)49/h9-12,14-19,30-31,34-35,38-39,65H,7-8,13,20-21H2,1-6H3,(H,58,68)(H,59,66)(H,60,67)(H,61,69)/t30-,31-,34?,35+/m0/s1. The van der Waals surface area contributed by atoms with E-state index < -0.39 is 127 Å². The Labute approximate surface area is 386 Å². The molecule has 0 fully saturated rings. The first-order valence-electron chi connectivity index (χ1n) is 20.9. The Kier molecular flexibility index (Phi) is 17.7. The molecule has 26 heteroatoms. The molecule has 0 bridgehead atoms. The number of halogens is 12. The second-order valence-corrected chi connectivity index (χ2v) is 17.0. The van der Waals surface area contributed by atoms with Gasteiger partial charge in [-0.25, -0.2) is 23.2 Å². The predicted molar refractivity (Wildman–Crippen MR) is 222 cm³/mol. The maximum absolute atomic E-state index is 15.9. The molecule has 0 aliphatic heterocycles. The van der Waals surface area contributed by atoms with Gasteiger partial charge in [0.1, 0.15) is 23.7 Å². The summed E-state index contributed by atoms with van der Waals surface area (Å²) in [6, 6.07) is 0.292. The number of aliphatic hydroxyl groups excluding tert-OH is 1. The molecule has 1 unspecified atom stereocenters. The van der Waals surface area contributed by atoms with Crippen molar-refractivity contribution in [3.05, 3.63) is 83.9 Å². The highest BCUT2D eigenvalue weighted by Crippen LogP contribution is 2.42. The largest absolute Gasteiger partial charge is 0.396 e. The van der Waals surface area contributed by atoms with E-state index in [1.807, 2.05) is 16.1 Å². The Morgan fingerprint density at radius 1 is 0.667 bits per heavy atom. The molecule has 5 N–H and O–H groups in total. The highest BCUT2D eigenvalue weighted by molar-refractivity contribution is 5.89. The average molecular weight is 1000 g/mol. The first kappa shape index (κ1) is 55.4. The van der Waals surface area contributed by atoms with Gasteiger partial charge in [0.2, 0.25) is 17.7 Å². The highest BCUT2D eigenvalue weighted by atomic mass is 19.4. The van der Waals surface area contributed by atoms with Gasteiger partial charge >= 0.3 is 25.5 Å². The van der Waals surface area contributed by atoms with E-state index in [2.05, 4.69) is 15.5 Å².